The lowest BCUT2D eigenvalue weighted by Crippen LogP contribution is -2.39. The fraction of sp³-hybridized carbons (Fsp3) is 0.421. The zero-order chi connectivity index (χ0) is 17.9. The van der Waals surface area contributed by atoms with Crippen LogP contribution in [0.15, 0.2) is 41.8 Å². The number of nitrogens with one attached hydrogen (secondary N) is 1. The molecule has 138 valence electrons. The molecule has 1 aromatic carbocycles. The van der Waals surface area contributed by atoms with Gasteiger partial charge in [-0.1, -0.05) is 18.2 Å². The first-order valence-electron chi connectivity index (χ1n) is 8.98. The number of morpholine rings is 1. The summed E-state index contributed by atoms with van der Waals surface area (Å²) < 4.78 is 9.38. The van der Waals surface area contributed by atoms with Crippen molar-refractivity contribution in [3.8, 4) is 0 Å². The summed E-state index contributed by atoms with van der Waals surface area (Å²) in [5, 5.41) is 21.2. The van der Waals surface area contributed by atoms with Gasteiger partial charge in [0, 0.05) is 31.1 Å². The minimum atomic E-state index is -0.595. The van der Waals surface area contributed by atoms with E-state index >= 15 is 0 Å². The lowest BCUT2D eigenvalue weighted by molar-refractivity contribution is 0.0363. The SMILES string of the molecule is N=c1n(CCN2CCOCC2)c2ccccc2n1CC(O)c1cccs1. The van der Waals surface area contributed by atoms with Crippen molar-refractivity contribution < 1.29 is 9.84 Å². The van der Waals surface area contributed by atoms with E-state index < -0.39 is 6.10 Å². The van der Waals surface area contributed by atoms with Crippen LogP contribution in [0.25, 0.3) is 11.0 Å². The molecule has 26 heavy (non-hydrogen) atoms. The predicted octanol–water partition coefficient (Wildman–Crippen LogP) is 2.05. The van der Waals surface area contributed by atoms with Gasteiger partial charge >= 0.3 is 0 Å². The van der Waals surface area contributed by atoms with Gasteiger partial charge in [-0.15, -0.1) is 11.3 Å². The molecule has 1 atom stereocenters. The molecule has 3 heterocycles. The number of aliphatic hydroxyl groups is 1. The maximum absolute atomic E-state index is 10.6. The molecule has 1 aliphatic rings. The summed E-state index contributed by atoms with van der Waals surface area (Å²) in [6.07, 6.45) is -0.595. The molecule has 1 fully saturated rings. The second-order valence-corrected chi connectivity index (χ2v) is 7.54. The Hall–Kier alpha value is -1.93. The van der Waals surface area contributed by atoms with E-state index in [9.17, 15) is 5.11 Å². The van der Waals surface area contributed by atoms with E-state index in [1.807, 2.05) is 44.8 Å². The number of aromatic nitrogens is 2. The minimum Gasteiger partial charge on any atom is -0.386 e. The molecule has 2 N–H and O–H groups in total. The van der Waals surface area contributed by atoms with Crippen LogP contribution in [-0.2, 0) is 17.8 Å². The lowest BCUT2D eigenvalue weighted by atomic mass is 10.2. The Bertz CT molecular complexity index is 909. The van der Waals surface area contributed by atoms with Gasteiger partial charge in [0.05, 0.1) is 30.8 Å². The topological polar surface area (TPSA) is 66.4 Å². The number of ether oxygens (including phenoxy) is 1. The van der Waals surface area contributed by atoms with Crippen LogP contribution in [0, 0.1) is 5.41 Å². The third-order valence-electron chi connectivity index (χ3n) is 4.95. The fourth-order valence-corrected chi connectivity index (χ4v) is 4.22. The van der Waals surface area contributed by atoms with Crippen molar-refractivity contribution in [2.75, 3.05) is 32.8 Å². The Morgan fingerprint density at radius 3 is 2.46 bits per heavy atom. The summed E-state index contributed by atoms with van der Waals surface area (Å²) in [5.41, 5.74) is 2.48. The molecule has 0 amide bonds. The van der Waals surface area contributed by atoms with Crippen LogP contribution < -0.4 is 5.62 Å². The van der Waals surface area contributed by atoms with E-state index in [1.54, 1.807) is 11.3 Å². The standard InChI is InChI=1S/C19H24N4O2S/c20-19-22(8-7-21-9-11-25-12-10-21)15-4-1-2-5-16(15)23(19)14-17(24)18-6-3-13-26-18/h1-6,13,17,20,24H,7-12,14H2. The summed E-state index contributed by atoms with van der Waals surface area (Å²) in [6.45, 7) is 5.53. The molecule has 4 rings (SSSR count). The number of para-hydroxylation sites is 2. The van der Waals surface area contributed by atoms with E-state index in [2.05, 4.69) is 11.0 Å². The van der Waals surface area contributed by atoms with Gasteiger partial charge in [-0.3, -0.25) is 10.3 Å². The third kappa shape index (κ3) is 3.48. The van der Waals surface area contributed by atoms with Crippen molar-refractivity contribution >= 4 is 22.4 Å². The van der Waals surface area contributed by atoms with Crippen molar-refractivity contribution in [1.82, 2.24) is 14.0 Å². The number of hydrogen-bond acceptors (Lipinski definition) is 5. The number of fused-ring (bicyclic) bond motifs is 1. The molecule has 0 bridgehead atoms. The molecular formula is C19H24N4O2S. The van der Waals surface area contributed by atoms with Crippen molar-refractivity contribution in [3.05, 3.63) is 52.3 Å². The number of thiophene rings is 1. The zero-order valence-corrected chi connectivity index (χ0v) is 15.5. The van der Waals surface area contributed by atoms with E-state index in [0.717, 1.165) is 55.3 Å². The summed E-state index contributed by atoms with van der Waals surface area (Å²) in [5.74, 6) is 0. The molecule has 1 unspecified atom stereocenters. The molecule has 0 radical (unpaired) electrons. The van der Waals surface area contributed by atoms with Crippen LogP contribution in [-0.4, -0.2) is 52.0 Å². The van der Waals surface area contributed by atoms with Gasteiger partial charge in [-0.2, -0.15) is 0 Å². The van der Waals surface area contributed by atoms with Gasteiger partial charge in [0.15, 0.2) is 0 Å². The van der Waals surface area contributed by atoms with Crippen LogP contribution in [0.3, 0.4) is 0 Å². The van der Waals surface area contributed by atoms with Crippen LogP contribution in [0.2, 0.25) is 0 Å². The Morgan fingerprint density at radius 2 is 1.77 bits per heavy atom. The maximum Gasteiger partial charge on any atom is 0.203 e. The number of rotatable bonds is 6. The molecule has 2 aromatic heterocycles. The van der Waals surface area contributed by atoms with Crippen molar-refractivity contribution in [2.24, 2.45) is 0 Å². The van der Waals surface area contributed by atoms with E-state index in [1.165, 1.54) is 0 Å². The number of nitrogens with zero attached hydrogens (tertiary/aromatic N) is 3. The van der Waals surface area contributed by atoms with E-state index in [4.69, 9.17) is 10.1 Å². The second-order valence-electron chi connectivity index (χ2n) is 6.56. The minimum absolute atomic E-state index is 0.393. The Labute approximate surface area is 156 Å². The molecule has 3 aromatic rings. The Morgan fingerprint density at radius 1 is 1.04 bits per heavy atom. The van der Waals surface area contributed by atoms with E-state index in [-0.39, 0.29) is 0 Å². The average Bonchev–Trinajstić information content (AvgIpc) is 3.29. The molecule has 1 saturated heterocycles. The summed E-state index contributed by atoms with van der Waals surface area (Å²) in [6, 6.07) is 12.0. The Balaban J connectivity index is 1.61. The number of benzene rings is 1. The highest BCUT2D eigenvalue weighted by Gasteiger charge is 2.17. The highest BCUT2D eigenvalue weighted by molar-refractivity contribution is 7.10. The van der Waals surface area contributed by atoms with Gasteiger partial charge in [0.2, 0.25) is 5.62 Å². The molecule has 0 aliphatic carbocycles. The molecule has 0 spiro atoms. The highest BCUT2D eigenvalue weighted by atomic mass is 32.1. The number of aliphatic hydroxyl groups excluding tert-OH is 1. The predicted molar refractivity (Wildman–Crippen MR) is 102 cm³/mol. The Kier molecular flexibility index (Phi) is 5.21. The smallest absolute Gasteiger partial charge is 0.203 e. The van der Waals surface area contributed by atoms with Gasteiger partial charge in [0.25, 0.3) is 0 Å². The first-order valence-corrected chi connectivity index (χ1v) is 9.86. The van der Waals surface area contributed by atoms with Gasteiger partial charge < -0.3 is 19.0 Å². The monoisotopic (exact) mass is 372 g/mol. The van der Waals surface area contributed by atoms with Gasteiger partial charge in [-0.25, -0.2) is 0 Å². The first-order chi connectivity index (χ1) is 12.7. The maximum atomic E-state index is 10.6. The number of imidazole rings is 1. The first kappa shape index (κ1) is 17.5. The van der Waals surface area contributed by atoms with Gasteiger partial charge in [0.1, 0.15) is 6.10 Å². The largest absolute Gasteiger partial charge is 0.386 e. The molecular weight excluding hydrogens is 348 g/mol. The highest BCUT2D eigenvalue weighted by Crippen LogP contribution is 2.22. The van der Waals surface area contributed by atoms with Crippen LogP contribution >= 0.6 is 11.3 Å². The normalized spacial score (nSPS) is 17.0. The quantitative estimate of drug-likeness (QED) is 0.696. The lowest BCUT2D eigenvalue weighted by Gasteiger charge is -2.26. The van der Waals surface area contributed by atoms with Crippen molar-refractivity contribution in [1.29, 1.82) is 5.41 Å². The summed E-state index contributed by atoms with van der Waals surface area (Å²) >= 11 is 1.55. The molecule has 6 nitrogen and oxygen atoms in total. The second kappa shape index (κ2) is 7.75. The molecule has 0 saturated carbocycles. The van der Waals surface area contributed by atoms with Crippen molar-refractivity contribution in [3.63, 3.8) is 0 Å². The third-order valence-corrected chi connectivity index (χ3v) is 5.92. The summed E-state index contributed by atoms with van der Waals surface area (Å²) in [4.78, 5) is 3.31. The van der Waals surface area contributed by atoms with Crippen LogP contribution in [0.1, 0.15) is 11.0 Å². The average molecular weight is 372 g/mol. The van der Waals surface area contributed by atoms with Crippen LogP contribution in [0.5, 0.6) is 0 Å². The number of hydrogen-bond donors (Lipinski definition) is 2. The zero-order valence-electron chi connectivity index (χ0n) is 14.7. The van der Waals surface area contributed by atoms with E-state index in [0.29, 0.717) is 12.2 Å². The summed E-state index contributed by atoms with van der Waals surface area (Å²) in [7, 11) is 0. The van der Waals surface area contributed by atoms with Gasteiger partial charge in [-0.05, 0) is 23.6 Å². The van der Waals surface area contributed by atoms with Crippen LogP contribution in [0.4, 0.5) is 0 Å². The van der Waals surface area contributed by atoms with Crippen molar-refractivity contribution in [2.45, 2.75) is 19.2 Å². The molecule has 7 heteroatoms. The fourth-order valence-electron chi connectivity index (χ4n) is 3.52. The molecule has 1 aliphatic heterocycles.